The van der Waals surface area contributed by atoms with E-state index >= 15 is 0 Å². The van der Waals surface area contributed by atoms with E-state index in [2.05, 4.69) is 624 Å². The van der Waals surface area contributed by atoms with E-state index in [1.54, 1.807) is 0 Å². The van der Waals surface area contributed by atoms with Crippen molar-refractivity contribution in [1.82, 2.24) is 0 Å². The molecule has 0 saturated heterocycles. The van der Waals surface area contributed by atoms with E-state index in [4.69, 9.17) is 0 Å². The molecule has 0 aromatic heterocycles. The van der Waals surface area contributed by atoms with Gasteiger partial charge in [0.05, 0.1) is 0 Å². The van der Waals surface area contributed by atoms with E-state index in [0.29, 0.717) is 0 Å². The summed E-state index contributed by atoms with van der Waals surface area (Å²) in [6.07, 6.45) is 0. The summed E-state index contributed by atoms with van der Waals surface area (Å²) < 4.78 is 0. The first-order valence-electron chi connectivity index (χ1n) is 53.9. The molecular formula is C144H192. The van der Waals surface area contributed by atoms with Gasteiger partial charge < -0.3 is 0 Å². The van der Waals surface area contributed by atoms with Crippen LogP contribution < -0.4 is 0 Å². The van der Waals surface area contributed by atoms with Crippen molar-refractivity contribution < 1.29 is 0 Å². The van der Waals surface area contributed by atoms with Gasteiger partial charge in [-0.25, -0.2) is 0 Å². The summed E-state index contributed by atoms with van der Waals surface area (Å²) in [4.78, 5) is 0. The predicted octanol–water partition coefficient (Wildman–Crippen LogP) is 43.5. The summed E-state index contributed by atoms with van der Waals surface area (Å²) in [5.41, 5.74) is 26.0. The standard InChI is InChI=1S/8C18H24/c1-17(2,3)15-11-7-10-14-13(15)9-8-12-16(14)18(4,5)6;1-17(2,3)15-9-7-14-12-16(18(4,5)6)10-8-13(14)11-15;1-17(2,3)15-9-7-13-8-10-16(18(4,5)6)12-14(13)11-15;1-17(2,3)14-11-7-9-13-10-8-12-15(16(13)14)18(4,5)6;1-17(2,3)14-10-11-15-13(12-14)8-7-9-16(15)18(4,5)6;1-17(2,3)14-11-10-13-8-7-9-16(15(13)12-14)18(4,5)6;1-17(2,3)14-11-13-9-7-8-10-15(13)16(12-14)18(4,5)6;1-17(2,3)15-11-13-9-7-8-10-14(13)12-16(15)18(4,5)6/h8*7-12H,1-6H3. The second kappa shape index (κ2) is 43.6. The quantitative estimate of drug-likeness (QED) is 0.142. The Kier molecular flexibility index (Phi) is 35.4. The van der Waals surface area contributed by atoms with Crippen molar-refractivity contribution in [3.8, 4) is 0 Å². The fourth-order valence-electron chi connectivity index (χ4n) is 19.2. The summed E-state index contributed by atoms with van der Waals surface area (Å²) in [7, 11) is 0. The van der Waals surface area contributed by atoms with Gasteiger partial charge in [-0.2, -0.15) is 0 Å². The Labute approximate surface area is 879 Å². The summed E-state index contributed by atoms with van der Waals surface area (Å²) >= 11 is 0. The Balaban J connectivity index is 0.000000183. The smallest absolute Gasteiger partial charge is 0.0109 e. The highest BCUT2D eigenvalue weighted by atomic mass is 14.4. The molecule has 0 radical (unpaired) electrons. The minimum atomic E-state index is 0.181. The van der Waals surface area contributed by atoms with Gasteiger partial charge in [-0.05, 0) is 262 Å². The van der Waals surface area contributed by atoms with Crippen LogP contribution in [0.15, 0.2) is 291 Å². The normalized spacial score (nSPS) is 13.0. The van der Waals surface area contributed by atoms with Gasteiger partial charge >= 0.3 is 0 Å². The van der Waals surface area contributed by atoms with Crippen LogP contribution in [0.2, 0.25) is 0 Å². The summed E-state index contributed by atoms with van der Waals surface area (Å²) in [5, 5.41) is 21.9. The highest BCUT2D eigenvalue weighted by molar-refractivity contribution is 5.94. The van der Waals surface area contributed by atoms with Crippen LogP contribution in [0.4, 0.5) is 0 Å². The molecule has 0 bridgehead atoms. The lowest BCUT2D eigenvalue weighted by Crippen LogP contribution is -2.21. The van der Waals surface area contributed by atoms with Gasteiger partial charge in [-0.3, -0.25) is 0 Å². The van der Waals surface area contributed by atoms with E-state index < -0.39 is 0 Å². The lowest BCUT2D eigenvalue weighted by Gasteiger charge is -2.30. The number of benzene rings is 16. The number of hydrogen-bond acceptors (Lipinski definition) is 0. The monoisotopic (exact) mass is 1920 g/mol. The van der Waals surface area contributed by atoms with Crippen molar-refractivity contribution in [2.24, 2.45) is 0 Å². The van der Waals surface area contributed by atoms with Crippen LogP contribution in [0.25, 0.3) is 86.2 Å². The molecule has 0 heterocycles. The molecule has 0 fully saturated rings. The molecule has 0 aliphatic rings. The second-order valence-corrected chi connectivity index (χ2v) is 57.9. The fraction of sp³-hybridized carbons (Fsp3) is 0.444. The van der Waals surface area contributed by atoms with Crippen LogP contribution in [-0.4, -0.2) is 0 Å². The van der Waals surface area contributed by atoms with Gasteiger partial charge in [0.2, 0.25) is 0 Å². The van der Waals surface area contributed by atoms with Gasteiger partial charge in [0, 0.05) is 0 Å². The average molecular weight is 1920 g/mol. The van der Waals surface area contributed by atoms with Gasteiger partial charge in [-0.15, -0.1) is 0 Å². The Morgan fingerprint density at radius 2 is 0.306 bits per heavy atom. The van der Waals surface area contributed by atoms with Gasteiger partial charge in [0.15, 0.2) is 0 Å². The van der Waals surface area contributed by atoms with Crippen LogP contribution in [-0.2, 0) is 86.6 Å². The molecule has 0 N–H and O–H groups in total. The van der Waals surface area contributed by atoms with Crippen LogP contribution in [0.1, 0.15) is 421 Å². The minimum Gasteiger partial charge on any atom is -0.0616 e. The second-order valence-electron chi connectivity index (χ2n) is 57.9. The first-order chi connectivity index (χ1) is 65.5. The highest BCUT2D eigenvalue weighted by Gasteiger charge is 2.31. The zero-order valence-corrected chi connectivity index (χ0v) is 99.7. The Bertz CT molecular complexity index is 6700. The summed E-state index contributed by atoms with van der Waals surface area (Å²) in [6, 6.07) is 108. The van der Waals surface area contributed by atoms with E-state index in [1.165, 1.54) is 175 Å². The molecule has 0 heteroatoms. The zero-order chi connectivity index (χ0) is 108. The van der Waals surface area contributed by atoms with Gasteiger partial charge in [0.25, 0.3) is 0 Å². The summed E-state index contributed by atoms with van der Waals surface area (Å²) in [6.45, 7) is 109. The third-order valence-corrected chi connectivity index (χ3v) is 28.4. The molecule has 0 saturated carbocycles. The zero-order valence-electron chi connectivity index (χ0n) is 99.7. The van der Waals surface area contributed by atoms with Crippen LogP contribution in [0, 0.1) is 0 Å². The van der Waals surface area contributed by atoms with E-state index in [-0.39, 0.29) is 86.6 Å². The van der Waals surface area contributed by atoms with Gasteiger partial charge in [-0.1, -0.05) is 624 Å². The minimum absolute atomic E-state index is 0.181. The molecule has 16 aromatic carbocycles. The Hall–Kier alpha value is -10.4. The molecule has 0 amide bonds. The number of fused-ring (bicyclic) bond motifs is 8. The lowest BCUT2D eigenvalue weighted by atomic mass is 9.74. The maximum atomic E-state index is 2.39. The van der Waals surface area contributed by atoms with Crippen LogP contribution >= 0.6 is 0 Å². The predicted molar refractivity (Wildman–Crippen MR) is 651 cm³/mol. The fourth-order valence-corrected chi connectivity index (χ4v) is 19.2. The third-order valence-electron chi connectivity index (χ3n) is 28.4. The summed E-state index contributed by atoms with van der Waals surface area (Å²) in [5.74, 6) is 0. The number of hydrogen-bond donors (Lipinski definition) is 0. The molecule has 0 unspecified atom stereocenters. The topological polar surface area (TPSA) is 0 Å². The molecule has 0 atom stereocenters. The molecule has 16 rings (SSSR count). The molecule has 0 nitrogen and oxygen atoms in total. The Morgan fingerprint density at radius 3 is 0.632 bits per heavy atom. The van der Waals surface area contributed by atoms with Crippen molar-refractivity contribution in [3.63, 3.8) is 0 Å². The molecule has 16 aromatic rings. The molecule has 768 valence electrons. The van der Waals surface area contributed by atoms with Crippen molar-refractivity contribution in [3.05, 3.63) is 380 Å². The van der Waals surface area contributed by atoms with Crippen molar-refractivity contribution in [2.45, 2.75) is 419 Å². The van der Waals surface area contributed by atoms with Crippen molar-refractivity contribution >= 4 is 86.2 Å². The van der Waals surface area contributed by atoms with Gasteiger partial charge in [0.1, 0.15) is 0 Å². The molecule has 144 heavy (non-hydrogen) atoms. The van der Waals surface area contributed by atoms with E-state index in [0.717, 1.165) is 0 Å². The van der Waals surface area contributed by atoms with Crippen molar-refractivity contribution in [1.29, 1.82) is 0 Å². The maximum Gasteiger partial charge on any atom is -0.0109 e. The number of rotatable bonds is 0. The molecular weight excluding hydrogens is 1730 g/mol. The van der Waals surface area contributed by atoms with E-state index in [9.17, 15) is 0 Å². The largest absolute Gasteiger partial charge is 0.0616 e. The molecule has 0 spiro atoms. The molecule has 0 aliphatic heterocycles. The average Bonchev–Trinajstić information content (AvgIpc) is 0.767. The van der Waals surface area contributed by atoms with Crippen LogP contribution in [0.3, 0.4) is 0 Å². The SMILES string of the molecule is CC(C)(C)c1cc(C(C)(C)C)c2ccccc2c1.CC(C)(C)c1cc2ccccc2cc1C(C)(C)C.CC(C)(C)c1ccc2c(C(C)(C)C)cccc2c1.CC(C)(C)c1ccc2cc(C(C)(C)C)ccc2c1.CC(C)(C)c1ccc2ccc(C(C)(C)C)cc2c1.CC(C)(C)c1ccc2cccc(C(C)(C)C)c2c1.CC(C)(C)c1cccc2c(C(C)(C)C)cccc12.CC(C)(C)c1cccc2cccc(C(C)(C)C)c12. The highest BCUT2D eigenvalue weighted by Crippen LogP contribution is 2.45. The maximum absolute atomic E-state index is 2.39. The first-order valence-corrected chi connectivity index (χ1v) is 53.9. The first kappa shape index (κ1) is 117. The lowest BCUT2D eigenvalue weighted by molar-refractivity contribution is 0.531. The third kappa shape index (κ3) is 30.9. The van der Waals surface area contributed by atoms with E-state index in [1.807, 2.05) is 0 Å². The van der Waals surface area contributed by atoms with Crippen LogP contribution in [0.5, 0.6) is 0 Å². The Morgan fingerprint density at radius 1 is 0.0972 bits per heavy atom. The molecule has 0 aliphatic carbocycles. The van der Waals surface area contributed by atoms with Crippen molar-refractivity contribution in [2.75, 3.05) is 0 Å².